The molecule has 0 radical (unpaired) electrons. The van der Waals surface area contributed by atoms with Crippen molar-refractivity contribution in [1.29, 1.82) is 0 Å². The molecule has 1 rings (SSSR count). The molecule has 2 amide bonds. The van der Waals surface area contributed by atoms with Crippen LogP contribution < -0.4 is 22.1 Å². The third-order valence-electron chi connectivity index (χ3n) is 1.82. The molecule has 0 bridgehead atoms. The van der Waals surface area contributed by atoms with Gasteiger partial charge in [0.05, 0.1) is 12.1 Å². The topological polar surface area (TPSA) is 110 Å². The van der Waals surface area contributed by atoms with Crippen LogP contribution in [0.5, 0.6) is 0 Å². The fraction of sp³-hybridized carbons (Fsp3) is 0.667. The van der Waals surface area contributed by atoms with Crippen molar-refractivity contribution in [3.63, 3.8) is 0 Å². The van der Waals surface area contributed by atoms with Crippen LogP contribution in [0.1, 0.15) is 0 Å². The second-order valence-electron chi connectivity index (χ2n) is 2.73. The van der Waals surface area contributed by atoms with E-state index in [1.807, 2.05) is 0 Å². The normalized spacial score (nSPS) is 29.7. The Balaban J connectivity index is 2.39. The van der Waals surface area contributed by atoms with Crippen molar-refractivity contribution in [1.82, 2.24) is 10.6 Å². The number of carbonyl (C=O) groups is 2. The van der Waals surface area contributed by atoms with E-state index in [0.29, 0.717) is 13.1 Å². The Morgan fingerprint density at radius 3 is 1.50 bits per heavy atom. The van der Waals surface area contributed by atoms with Crippen LogP contribution in [0.2, 0.25) is 0 Å². The molecule has 6 nitrogen and oxygen atoms in total. The monoisotopic (exact) mass is 172 g/mol. The van der Waals surface area contributed by atoms with Crippen molar-refractivity contribution in [2.45, 2.75) is 12.1 Å². The molecule has 6 heteroatoms. The van der Waals surface area contributed by atoms with Crippen molar-refractivity contribution >= 4 is 11.8 Å². The first-order valence-corrected chi connectivity index (χ1v) is 3.66. The van der Waals surface area contributed by atoms with E-state index < -0.39 is 23.9 Å². The highest BCUT2D eigenvalue weighted by atomic mass is 16.2. The fourth-order valence-corrected chi connectivity index (χ4v) is 1.07. The summed E-state index contributed by atoms with van der Waals surface area (Å²) in [7, 11) is 0. The summed E-state index contributed by atoms with van der Waals surface area (Å²) in [4.78, 5) is 21.3. The molecule has 0 saturated carbocycles. The van der Waals surface area contributed by atoms with Gasteiger partial charge in [-0.1, -0.05) is 0 Å². The number of rotatable bonds is 2. The maximum Gasteiger partial charge on any atom is 0.235 e. The van der Waals surface area contributed by atoms with Gasteiger partial charge in [0.25, 0.3) is 0 Å². The van der Waals surface area contributed by atoms with E-state index in [2.05, 4.69) is 10.6 Å². The lowest BCUT2D eigenvalue weighted by atomic mass is 10.1. The molecule has 1 aliphatic heterocycles. The predicted octanol–water partition coefficient (Wildman–Crippen LogP) is -3.11. The maximum absolute atomic E-state index is 10.6. The zero-order chi connectivity index (χ0) is 9.14. The summed E-state index contributed by atoms with van der Waals surface area (Å²) in [6.07, 6.45) is 0. The summed E-state index contributed by atoms with van der Waals surface area (Å²) >= 11 is 0. The molecule has 1 heterocycles. The molecule has 1 aliphatic rings. The van der Waals surface area contributed by atoms with Gasteiger partial charge < -0.3 is 22.1 Å². The van der Waals surface area contributed by atoms with Crippen LogP contribution in [-0.4, -0.2) is 37.0 Å². The number of hydrogen-bond donors (Lipinski definition) is 4. The van der Waals surface area contributed by atoms with E-state index in [-0.39, 0.29) is 0 Å². The van der Waals surface area contributed by atoms with Crippen molar-refractivity contribution in [2.24, 2.45) is 11.5 Å². The standard InChI is InChI=1S/C6H12N4O2/c7-5(11)3-1-9-4(2-10-3)6(8)12/h3-4,9-10H,1-2H2,(H2,7,11)(H2,8,12)/t3-,4-/m1/s1. The highest BCUT2D eigenvalue weighted by Crippen LogP contribution is 1.91. The van der Waals surface area contributed by atoms with E-state index >= 15 is 0 Å². The quantitative estimate of drug-likeness (QED) is 0.353. The minimum absolute atomic E-state index is 0.350. The number of nitrogens with one attached hydrogen (secondary N) is 2. The molecule has 0 aliphatic carbocycles. The van der Waals surface area contributed by atoms with Gasteiger partial charge in [-0.2, -0.15) is 0 Å². The van der Waals surface area contributed by atoms with Crippen LogP contribution >= 0.6 is 0 Å². The van der Waals surface area contributed by atoms with Crippen LogP contribution in [0, 0.1) is 0 Å². The second-order valence-corrected chi connectivity index (χ2v) is 2.73. The third kappa shape index (κ3) is 1.93. The Labute approximate surface area is 69.7 Å². The zero-order valence-electron chi connectivity index (χ0n) is 6.54. The summed E-state index contributed by atoms with van der Waals surface area (Å²) in [6, 6.07) is -0.804. The summed E-state index contributed by atoms with van der Waals surface area (Å²) < 4.78 is 0. The lowest BCUT2D eigenvalue weighted by Gasteiger charge is -2.27. The average molecular weight is 172 g/mol. The molecule has 0 aromatic heterocycles. The van der Waals surface area contributed by atoms with Crippen molar-refractivity contribution < 1.29 is 9.59 Å². The first-order valence-electron chi connectivity index (χ1n) is 3.66. The SMILES string of the molecule is NC(=O)[C@H]1CN[C@@H](C(N)=O)CN1. The number of amides is 2. The highest BCUT2D eigenvalue weighted by molar-refractivity contribution is 5.83. The Morgan fingerprint density at radius 1 is 1.00 bits per heavy atom. The molecule has 6 N–H and O–H groups in total. The van der Waals surface area contributed by atoms with Crippen LogP contribution in [0.15, 0.2) is 0 Å². The molecular formula is C6H12N4O2. The number of nitrogens with two attached hydrogens (primary N) is 2. The Kier molecular flexibility index (Phi) is 2.61. The minimum atomic E-state index is -0.426. The van der Waals surface area contributed by atoms with Crippen LogP contribution in [-0.2, 0) is 9.59 Å². The highest BCUT2D eigenvalue weighted by Gasteiger charge is 2.25. The number of hydrogen-bond acceptors (Lipinski definition) is 4. The lowest BCUT2D eigenvalue weighted by Crippen LogP contribution is -2.62. The van der Waals surface area contributed by atoms with Gasteiger partial charge in [-0.05, 0) is 0 Å². The first kappa shape index (κ1) is 8.95. The van der Waals surface area contributed by atoms with Crippen LogP contribution in [0.4, 0.5) is 0 Å². The van der Waals surface area contributed by atoms with Crippen LogP contribution in [0.25, 0.3) is 0 Å². The molecule has 1 saturated heterocycles. The van der Waals surface area contributed by atoms with E-state index in [1.54, 1.807) is 0 Å². The second kappa shape index (κ2) is 3.51. The minimum Gasteiger partial charge on any atom is -0.368 e. The predicted molar refractivity (Wildman–Crippen MR) is 42.0 cm³/mol. The Morgan fingerprint density at radius 2 is 1.33 bits per heavy atom. The third-order valence-corrected chi connectivity index (χ3v) is 1.82. The molecule has 0 aromatic carbocycles. The van der Waals surface area contributed by atoms with E-state index in [9.17, 15) is 9.59 Å². The smallest absolute Gasteiger partial charge is 0.235 e. The van der Waals surface area contributed by atoms with Gasteiger partial charge in [-0.3, -0.25) is 9.59 Å². The molecule has 1 fully saturated rings. The van der Waals surface area contributed by atoms with Gasteiger partial charge in [-0.15, -0.1) is 0 Å². The fourth-order valence-electron chi connectivity index (χ4n) is 1.07. The maximum atomic E-state index is 10.6. The molecular weight excluding hydrogens is 160 g/mol. The molecule has 2 atom stereocenters. The van der Waals surface area contributed by atoms with Gasteiger partial charge in [0.1, 0.15) is 0 Å². The number of piperazine rings is 1. The Bertz CT molecular complexity index is 176. The summed E-state index contributed by atoms with van der Waals surface area (Å²) in [5.41, 5.74) is 10.1. The molecule has 0 aromatic rings. The van der Waals surface area contributed by atoms with Gasteiger partial charge >= 0.3 is 0 Å². The first-order chi connectivity index (χ1) is 5.61. The summed E-state index contributed by atoms with van der Waals surface area (Å²) in [5, 5.41) is 5.62. The molecule has 68 valence electrons. The summed E-state index contributed by atoms with van der Waals surface area (Å²) in [6.45, 7) is 0.700. The largest absolute Gasteiger partial charge is 0.368 e. The van der Waals surface area contributed by atoms with Gasteiger partial charge in [0.15, 0.2) is 0 Å². The number of carbonyl (C=O) groups excluding carboxylic acids is 2. The molecule has 0 unspecified atom stereocenters. The van der Waals surface area contributed by atoms with E-state index in [4.69, 9.17) is 11.5 Å². The molecule has 0 spiro atoms. The molecule has 12 heavy (non-hydrogen) atoms. The summed E-state index contributed by atoms with van der Waals surface area (Å²) in [5.74, 6) is -0.851. The van der Waals surface area contributed by atoms with Crippen molar-refractivity contribution in [3.05, 3.63) is 0 Å². The van der Waals surface area contributed by atoms with Gasteiger partial charge in [0.2, 0.25) is 11.8 Å². The van der Waals surface area contributed by atoms with Gasteiger partial charge in [-0.25, -0.2) is 0 Å². The van der Waals surface area contributed by atoms with Crippen molar-refractivity contribution in [2.75, 3.05) is 13.1 Å². The number of primary amides is 2. The van der Waals surface area contributed by atoms with E-state index in [0.717, 1.165) is 0 Å². The van der Waals surface area contributed by atoms with Gasteiger partial charge in [0, 0.05) is 13.1 Å². The average Bonchev–Trinajstić information content (AvgIpc) is 2.04. The zero-order valence-corrected chi connectivity index (χ0v) is 6.54. The van der Waals surface area contributed by atoms with Crippen molar-refractivity contribution in [3.8, 4) is 0 Å². The lowest BCUT2D eigenvalue weighted by molar-refractivity contribution is -0.123. The van der Waals surface area contributed by atoms with E-state index in [1.165, 1.54) is 0 Å². The van der Waals surface area contributed by atoms with Crippen LogP contribution in [0.3, 0.4) is 0 Å². The Hall–Kier alpha value is -1.14.